The summed E-state index contributed by atoms with van der Waals surface area (Å²) in [6.45, 7) is 7.11. The quantitative estimate of drug-likeness (QED) is 0.291. The molecule has 0 saturated carbocycles. The minimum Gasteiger partial charge on any atom is -0.450 e. The van der Waals surface area contributed by atoms with Crippen LogP contribution in [0.15, 0.2) is 24.3 Å². The zero-order valence-corrected chi connectivity index (χ0v) is 17.1. The summed E-state index contributed by atoms with van der Waals surface area (Å²) in [5, 5.41) is 6.02. The summed E-state index contributed by atoms with van der Waals surface area (Å²) in [5.74, 6) is 0.153. The zero-order valence-electron chi connectivity index (χ0n) is 16.3. The van der Waals surface area contributed by atoms with Crippen LogP contribution in [0.5, 0.6) is 0 Å². The second-order valence-electron chi connectivity index (χ2n) is 6.32. The number of hydrogen-bond acceptors (Lipinski definition) is 4. The van der Waals surface area contributed by atoms with Crippen molar-refractivity contribution in [3.05, 3.63) is 29.8 Å². The molecule has 0 heterocycles. The number of hydrazine groups is 1. The maximum absolute atomic E-state index is 12.2. The molecule has 0 spiro atoms. The topological polar surface area (TPSA) is 91.5 Å². The monoisotopic (exact) mass is 394 g/mol. The Morgan fingerprint density at radius 2 is 1.96 bits per heavy atom. The molecule has 0 unspecified atom stereocenters. The van der Waals surface area contributed by atoms with Crippen molar-refractivity contribution < 1.29 is 14.3 Å². The van der Waals surface area contributed by atoms with Crippen LogP contribution in [0.1, 0.15) is 56.8 Å². The van der Waals surface area contributed by atoms with Crippen molar-refractivity contribution in [2.75, 3.05) is 18.5 Å². The number of amides is 2. The standard InChI is InChI=1S/C19H30N4O3S/c1-4-6-7-9-14(3)13-20-18(27)23-22-17(24)15-10-8-11-16(12-15)21-19(25)26-5-2/h8,10-12,14H,4-7,9,13H2,1-3H3,(H,21,25)(H,22,24)(H2,20,23,27)/t14-/m0/s1. The third-order valence-electron chi connectivity index (χ3n) is 3.85. The van der Waals surface area contributed by atoms with E-state index in [2.05, 4.69) is 35.3 Å². The Kier molecular flexibility index (Phi) is 10.9. The van der Waals surface area contributed by atoms with Gasteiger partial charge in [0.05, 0.1) is 6.61 Å². The number of anilines is 1. The molecule has 1 rings (SSSR count). The van der Waals surface area contributed by atoms with Crippen molar-refractivity contribution in [3.63, 3.8) is 0 Å². The summed E-state index contributed by atoms with van der Waals surface area (Å²) in [6.07, 6.45) is 4.25. The highest BCUT2D eigenvalue weighted by molar-refractivity contribution is 7.80. The first-order valence-corrected chi connectivity index (χ1v) is 9.75. The minimum absolute atomic E-state index is 0.275. The van der Waals surface area contributed by atoms with Gasteiger partial charge in [0.1, 0.15) is 0 Å². The average Bonchev–Trinajstić information content (AvgIpc) is 2.65. The van der Waals surface area contributed by atoms with E-state index >= 15 is 0 Å². The van der Waals surface area contributed by atoms with Crippen molar-refractivity contribution in [1.82, 2.24) is 16.2 Å². The minimum atomic E-state index is -0.563. The number of hydrogen-bond donors (Lipinski definition) is 4. The van der Waals surface area contributed by atoms with E-state index in [1.807, 2.05) is 0 Å². The van der Waals surface area contributed by atoms with Gasteiger partial charge in [-0.3, -0.25) is 21.0 Å². The largest absolute Gasteiger partial charge is 0.450 e. The first-order chi connectivity index (χ1) is 13.0. The fraction of sp³-hybridized carbons (Fsp3) is 0.526. The van der Waals surface area contributed by atoms with Gasteiger partial charge in [0.15, 0.2) is 5.11 Å². The molecule has 7 nitrogen and oxygen atoms in total. The van der Waals surface area contributed by atoms with Crippen molar-refractivity contribution >= 4 is 35.0 Å². The van der Waals surface area contributed by atoms with Gasteiger partial charge in [-0.05, 0) is 49.7 Å². The molecule has 0 bridgehead atoms. The number of ether oxygens (including phenoxy) is 1. The Morgan fingerprint density at radius 1 is 1.19 bits per heavy atom. The molecule has 0 radical (unpaired) electrons. The highest BCUT2D eigenvalue weighted by atomic mass is 32.1. The second-order valence-corrected chi connectivity index (χ2v) is 6.72. The van der Waals surface area contributed by atoms with E-state index < -0.39 is 6.09 Å². The van der Waals surface area contributed by atoms with Crippen LogP contribution in [-0.2, 0) is 4.74 Å². The molecule has 8 heteroatoms. The van der Waals surface area contributed by atoms with Crippen molar-refractivity contribution in [3.8, 4) is 0 Å². The summed E-state index contributed by atoms with van der Waals surface area (Å²) in [7, 11) is 0. The van der Waals surface area contributed by atoms with Crippen molar-refractivity contribution in [2.45, 2.75) is 46.5 Å². The number of rotatable bonds is 9. The fourth-order valence-electron chi connectivity index (χ4n) is 2.36. The van der Waals surface area contributed by atoms with Gasteiger partial charge in [0.2, 0.25) is 0 Å². The SMILES string of the molecule is CCCCC[C@H](C)CNC(=S)NNC(=O)c1cccc(NC(=O)OCC)c1. The molecular formula is C19H30N4O3S. The lowest BCUT2D eigenvalue weighted by molar-refractivity contribution is 0.0943. The average molecular weight is 395 g/mol. The van der Waals surface area contributed by atoms with E-state index in [0.717, 1.165) is 13.0 Å². The van der Waals surface area contributed by atoms with Crippen LogP contribution in [0.4, 0.5) is 10.5 Å². The highest BCUT2D eigenvalue weighted by Crippen LogP contribution is 2.11. The summed E-state index contributed by atoms with van der Waals surface area (Å²) < 4.78 is 4.81. The second kappa shape index (κ2) is 12.9. The highest BCUT2D eigenvalue weighted by Gasteiger charge is 2.09. The van der Waals surface area contributed by atoms with Gasteiger partial charge in [0.25, 0.3) is 5.91 Å². The third-order valence-corrected chi connectivity index (χ3v) is 4.09. The lowest BCUT2D eigenvalue weighted by atomic mass is 10.0. The van der Waals surface area contributed by atoms with E-state index in [1.54, 1.807) is 31.2 Å². The van der Waals surface area contributed by atoms with Gasteiger partial charge in [-0.1, -0.05) is 39.2 Å². The summed E-state index contributed by atoms with van der Waals surface area (Å²) in [4.78, 5) is 23.7. The molecular weight excluding hydrogens is 364 g/mol. The number of carbonyl (C=O) groups is 2. The van der Waals surface area contributed by atoms with Gasteiger partial charge in [-0.25, -0.2) is 4.79 Å². The predicted molar refractivity (Wildman–Crippen MR) is 112 cm³/mol. The molecule has 2 amide bonds. The molecule has 0 aliphatic carbocycles. The summed E-state index contributed by atoms with van der Waals surface area (Å²) in [5.41, 5.74) is 6.09. The van der Waals surface area contributed by atoms with Crippen molar-refractivity contribution in [2.24, 2.45) is 5.92 Å². The van der Waals surface area contributed by atoms with Gasteiger partial charge < -0.3 is 10.1 Å². The van der Waals surface area contributed by atoms with Crippen LogP contribution < -0.4 is 21.5 Å². The van der Waals surface area contributed by atoms with Crippen LogP contribution in [0.2, 0.25) is 0 Å². The molecule has 1 aromatic carbocycles. The maximum atomic E-state index is 12.2. The molecule has 0 fully saturated rings. The van der Waals surface area contributed by atoms with Crippen LogP contribution in [-0.4, -0.2) is 30.3 Å². The van der Waals surface area contributed by atoms with Crippen LogP contribution >= 0.6 is 12.2 Å². The van der Waals surface area contributed by atoms with E-state index in [9.17, 15) is 9.59 Å². The molecule has 4 N–H and O–H groups in total. The number of unbranched alkanes of at least 4 members (excludes halogenated alkanes) is 2. The summed E-state index contributed by atoms with van der Waals surface area (Å²) in [6, 6.07) is 6.54. The van der Waals surface area contributed by atoms with Gasteiger partial charge in [-0.15, -0.1) is 0 Å². The van der Waals surface area contributed by atoms with Crippen LogP contribution in [0.25, 0.3) is 0 Å². The first kappa shape index (κ1) is 22.7. The summed E-state index contributed by atoms with van der Waals surface area (Å²) >= 11 is 5.18. The van der Waals surface area contributed by atoms with Crippen molar-refractivity contribution in [1.29, 1.82) is 0 Å². The Labute approximate surface area is 166 Å². The number of nitrogens with one attached hydrogen (secondary N) is 4. The Hall–Kier alpha value is -2.35. The molecule has 1 aromatic rings. The smallest absolute Gasteiger partial charge is 0.411 e. The van der Waals surface area contributed by atoms with E-state index in [4.69, 9.17) is 17.0 Å². The zero-order chi connectivity index (χ0) is 20.1. The molecule has 0 aliphatic rings. The number of benzene rings is 1. The molecule has 1 atom stereocenters. The lowest BCUT2D eigenvalue weighted by Crippen LogP contribution is -2.47. The van der Waals surface area contributed by atoms with Gasteiger partial charge >= 0.3 is 6.09 Å². The molecule has 0 aliphatic heterocycles. The Bertz CT molecular complexity index is 625. The molecule has 27 heavy (non-hydrogen) atoms. The number of carbonyl (C=O) groups excluding carboxylic acids is 2. The predicted octanol–water partition coefficient (Wildman–Crippen LogP) is 3.58. The van der Waals surface area contributed by atoms with Gasteiger partial charge in [-0.2, -0.15) is 0 Å². The molecule has 150 valence electrons. The van der Waals surface area contributed by atoms with Crippen LogP contribution in [0.3, 0.4) is 0 Å². The number of thiocarbonyl (C=S) groups is 1. The normalized spacial score (nSPS) is 11.2. The third kappa shape index (κ3) is 9.79. The molecule has 0 aromatic heterocycles. The first-order valence-electron chi connectivity index (χ1n) is 9.34. The van der Waals surface area contributed by atoms with Gasteiger partial charge in [0, 0.05) is 17.8 Å². The Balaban J connectivity index is 2.39. The van der Waals surface area contributed by atoms with E-state index in [-0.39, 0.29) is 12.5 Å². The van der Waals surface area contributed by atoms with E-state index in [1.165, 1.54) is 19.3 Å². The van der Waals surface area contributed by atoms with Crippen LogP contribution in [0, 0.1) is 5.92 Å². The maximum Gasteiger partial charge on any atom is 0.411 e. The Morgan fingerprint density at radius 3 is 2.67 bits per heavy atom. The molecule has 0 saturated heterocycles. The fourth-order valence-corrected chi connectivity index (χ4v) is 2.50. The van der Waals surface area contributed by atoms with E-state index in [0.29, 0.717) is 22.3 Å². The lowest BCUT2D eigenvalue weighted by Gasteiger charge is -2.15.